The van der Waals surface area contributed by atoms with Crippen LogP contribution in [0.2, 0.25) is 0 Å². The van der Waals surface area contributed by atoms with E-state index >= 15 is 0 Å². The zero-order chi connectivity index (χ0) is 8.97. The van der Waals surface area contributed by atoms with Gasteiger partial charge in [-0.1, -0.05) is 6.07 Å². The first-order chi connectivity index (χ1) is 5.79. The van der Waals surface area contributed by atoms with E-state index in [9.17, 15) is 0 Å². The first-order valence-corrected chi connectivity index (χ1v) is 4.82. The van der Waals surface area contributed by atoms with Gasteiger partial charge in [0.15, 0.2) is 11.5 Å². The fourth-order valence-corrected chi connectivity index (χ4v) is 1.56. The molecule has 1 rings (SSSR count). The van der Waals surface area contributed by atoms with Crippen LogP contribution in [0.5, 0.6) is 11.5 Å². The summed E-state index contributed by atoms with van der Waals surface area (Å²) in [6, 6.07) is 5.84. The van der Waals surface area contributed by atoms with E-state index in [0.717, 1.165) is 15.1 Å². The van der Waals surface area contributed by atoms with Gasteiger partial charge in [-0.3, -0.25) is 0 Å². The lowest BCUT2D eigenvalue weighted by molar-refractivity contribution is 0.308. The monoisotopic (exact) mass is 278 g/mol. The lowest BCUT2D eigenvalue weighted by atomic mass is 10.3. The van der Waals surface area contributed by atoms with Crippen molar-refractivity contribution < 1.29 is 9.47 Å². The summed E-state index contributed by atoms with van der Waals surface area (Å²) in [6.07, 6.45) is 0. The predicted molar refractivity (Wildman–Crippen MR) is 56.9 cm³/mol. The number of hydrogen-bond acceptors (Lipinski definition) is 2. The number of para-hydroxylation sites is 1. The van der Waals surface area contributed by atoms with E-state index < -0.39 is 0 Å². The third-order valence-corrected chi connectivity index (χ3v) is 2.29. The number of methoxy groups -OCH3 is 1. The van der Waals surface area contributed by atoms with E-state index in [0.29, 0.717) is 6.61 Å². The van der Waals surface area contributed by atoms with Crippen LogP contribution in [0.4, 0.5) is 0 Å². The van der Waals surface area contributed by atoms with Gasteiger partial charge in [0.1, 0.15) is 0 Å². The highest BCUT2D eigenvalue weighted by atomic mass is 127. The number of ether oxygens (including phenoxy) is 2. The smallest absolute Gasteiger partial charge is 0.174 e. The van der Waals surface area contributed by atoms with Gasteiger partial charge in [-0.2, -0.15) is 0 Å². The molecule has 0 radical (unpaired) electrons. The van der Waals surface area contributed by atoms with Crippen molar-refractivity contribution in [2.24, 2.45) is 0 Å². The standard InChI is InChI=1S/C9H11IO2/c1-3-12-9-7(10)5-4-6-8(9)11-2/h4-6H,3H2,1-2H3. The molecule has 0 unspecified atom stereocenters. The minimum absolute atomic E-state index is 0.663. The summed E-state index contributed by atoms with van der Waals surface area (Å²) in [4.78, 5) is 0. The van der Waals surface area contributed by atoms with E-state index in [1.54, 1.807) is 7.11 Å². The molecule has 3 heteroatoms. The quantitative estimate of drug-likeness (QED) is 0.791. The Morgan fingerprint density at radius 1 is 1.42 bits per heavy atom. The summed E-state index contributed by atoms with van der Waals surface area (Å²) in [5, 5.41) is 0. The molecule has 0 N–H and O–H groups in total. The van der Waals surface area contributed by atoms with Gasteiger partial charge in [0.2, 0.25) is 0 Å². The molecule has 0 amide bonds. The van der Waals surface area contributed by atoms with Crippen molar-refractivity contribution in [3.8, 4) is 11.5 Å². The molecule has 1 aromatic carbocycles. The van der Waals surface area contributed by atoms with Gasteiger partial charge >= 0.3 is 0 Å². The fourth-order valence-electron chi connectivity index (χ4n) is 0.934. The van der Waals surface area contributed by atoms with E-state index in [-0.39, 0.29) is 0 Å². The predicted octanol–water partition coefficient (Wildman–Crippen LogP) is 2.70. The van der Waals surface area contributed by atoms with Gasteiger partial charge in [0, 0.05) is 0 Å². The van der Waals surface area contributed by atoms with Gasteiger partial charge in [-0.15, -0.1) is 0 Å². The second-order valence-electron chi connectivity index (χ2n) is 2.20. The Balaban J connectivity index is 3.02. The van der Waals surface area contributed by atoms with Gasteiger partial charge in [0.25, 0.3) is 0 Å². The molecule has 0 heterocycles. The van der Waals surface area contributed by atoms with E-state index in [1.807, 2.05) is 25.1 Å². The molecule has 0 aliphatic rings. The second kappa shape index (κ2) is 4.54. The largest absolute Gasteiger partial charge is 0.493 e. The molecule has 0 bridgehead atoms. The van der Waals surface area contributed by atoms with E-state index in [2.05, 4.69) is 22.6 Å². The maximum atomic E-state index is 5.43. The highest BCUT2D eigenvalue weighted by Gasteiger charge is 2.06. The molecule has 0 fully saturated rings. The van der Waals surface area contributed by atoms with E-state index in [4.69, 9.17) is 9.47 Å². The Hall–Kier alpha value is -0.450. The van der Waals surface area contributed by atoms with Crippen LogP contribution >= 0.6 is 22.6 Å². The van der Waals surface area contributed by atoms with Crippen molar-refractivity contribution in [2.75, 3.05) is 13.7 Å². The number of rotatable bonds is 3. The normalized spacial score (nSPS) is 9.58. The van der Waals surface area contributed by atoms with Crippen molar-refractivity contribution in [2.45, 2.75) is 6.92 Å². The third kappa shape index (κ3) is 2.03. The molecule has 0 atom stereocenters. The summed E-state index contributed by atoms with van der Waals surface area (Å²) in [7, 11) is 1.65. The Kier molecular flexibility index (Phi) is 3.65. The summed E-state index contributed by atoms with van der Waals surface area (Å²) >= 11 is 2.23. The minimum atomic E-state index is 0.663. The number of benzene rings is 1. The van der Waals surface area contributed by atoms with Crippen molar-refractivity contribution in [3.63, 3.8) is 0 Å². The van der Waals surface area contributed by atoms with Crippen LogP contribution in [0.1, 0.15) is 6.92 Å². The molecule has 12 heavy (non-hydrogen) atoms. The third-order valence-electron chi connectivity index (χ3n) is 1.44. The summed E-state index contributed by atoms with van der Waals surface area (Å²) in [5.74, 6) is 1.63. The Bertz CT molecular complexity index is 261. The van der Waals surface area contributed by atoms with Gasteiger partial charge in [-0.05, 0) is 41.6 Å². The zero-order valence-corrected chi connectivity index (χ0v) is 9.29. The second-order valence-corrected chi connectivity index (χ2v) is 3.37. The fraction of sp³-hybridized carbons (Fsp3) is 0.333. The van der Waals surface area contributed by atoms with Gasteiger partial charge < -0.3 is 9.47 Å². The Morgan fingerprint density at radius 3 is 2.75 bits per heavy atom. The van der Waals surface area contributed by atoms with Crippen LogP contribution in [0.15, 0.2) is 18.2 Å². The minimum Gasteiger partial charge on any atom is -0.493 e. The summed E-state index contributed by atoms with van der Waals surface area (Å²) in [6.45, 7) is 2.62. The summed E-state index contributed by atoms with van der Waals surface area (Å²) < 4.78 is 11.7. The van der Waals surface area contributed by atoms with Crippen LogP contribution in [0, 0.1) is 3.57 Å². The number of hydrogen-bond donors (Lipinski definition) is 0. The average Bonchev–Trinajstić information content (AvgIpc) is 2.09. The maximum Gasteiger partial charge on any atom is 0.174 e. The molecular formula is C9H11IO2. The van der Waals surface area contributed by atoms with Crippen molar-refractivity contribution in [3.05, 3.63) is 21.8 Å². The first kappa shape index (κ1) is 9.64. The first-order valence-electron chi connectivity index (χ1n) is 3.75. The molecule has 0 saturated carbocycles. The molecule has 0 aromatic heterocycles. The molecule has 0 spiro atoms. The van der Waals surface area contributed by atoms with Crippen LogP contribution in [-0.2, 0) is 0 Å². The molecule has 66 valence electrons. The van der Waals surface area contributed by atoms with Crippen LogP contribution in [0.25, 0.3) is 0 Å². The van der Waals surface area contributed by atoms with Crippen molar-refractivity contribution in [1.29, 1.82) is 0 Å². The topological polar surface area (TPSA) is 18.5 Å². The van der Waals surface area contributed by atoms with Crippen LogP contribution < -0.4 is 9.47 Å². The van der Waals surface area contributed by atoms with Crippen LogP contribution in [-0.4, -0.2) is 13.7 Å². The molecule has 0 aliphatic heterocycles. The molecule has 1 aromatic rings. The SMILES string of the molecule is CCOc1c(I)cccc1OC. The maximum absolute atomic E-state index is 5.43. The Labute approximate surface area is 86.0 Å². The van der Waals surface area contributed by atoms with Crippen molar-refractivity contribution >= 4 is 22.6 Å². The van der Waals surface area contributed by atoms with Gasteiger partial charge in [-0.25, -0.2) is 0 Å². The zero-order valence-electron chi connectivity index (χ0n) is 7.13. The molecular weight excluding hydrogens is 267 g/mol. The molecule has 0 aliphatic carbocycles. The highest BCUT2D eigenvalue weighted by Crippen LogP contribution is 2.31. The summed E-state index contributed by atoms with van der Waals surface area (Å²) in [5.41, 5.74) is 0. The lowest BCUT2D eigenvalue weighted by Gasteiger charge is -2.09. The van der Waals surface area contributed by atoms with Gasteiger partial charge in [0.05, 0.1) is 17.3 Å². The highest BCUT2D eigenvalue weighted by molar-refractivity contribution is 14.1. The lowest BCUT2D eigenvalue weighted by Crippen LogP contribution is -1.96. The molecule has 0 saturated heterocycles. The Morgan fingerprint density at radius 2 is 2.17 bits per heavy atom. The average molecular weight is 278 g/mol. The van der Waals surface area contributed by atoms with E-state index in [1.165, 1.54) is 0 Å². The van der Waals surface area contributed by atoms with Crippen LogP contribution in [0.3, 0.4) is 0 Å². The molecule has 2 nitrogen and oxygen atoms in total. The number of halogens is 1. The van der Waals surface area contributed by atoms with Crippen molar-refractivity contribution in [1.82, 2.24) is 0 Å².